The number of rotatable bonds is 6. The Labute approximate surface area is 172 Å². The largest absolute Gasteiger partial charge is 0.381 e. The maximum atomic E-state index is 6.48. The number of aromatic nitrogens is 2. The van der Waals surface area contributed by atoms with E-state index < -0.39 is 0 Å². The number of hydrogen-bond donors (Lipinski definition) is 2. The molecule has 2 aromatic rings. The van der Waals surface area contributed by atoms with Crippen LogP contribution in [0.4, 0.5) is 11.6 Å². The smallest absolute Gasteiger partial charge is 0.126 e. The Balaban J connectivity index is 1.45. The third-order valence-corrected chi connectivity index (χ3v) is 6.10. The van der Waals surface area contributed by atoms with Gasteiger partial charge in [0.1, 0.15) is 11.6 Å². The molecule has 28 heavy (non-hydrogen) atoms. The van der Waals surface area contributed by atoms with Gasteiger partial charge in [0.25, 0.3) is 0 Å². The summed E-state index contributed by atoms with van der Waals surface area (Å²) in [4.78, 5) is 8.97. The molecule has 3 heterocycles. The van der Waals surface area contributed by atoms with Crippen LogP contribution in [0.15, 0.2) is 30.6 Å². The van der Waals surface area contributed by atoms with Crippen molar-refractivity contribution in [2.24, 2.45) is 5.92 Å². The third kappa shape index (κ3) is 5.15. The lowest BCUT2D eigenvalue weighted by Gasteiger charge is -2.23. The number of nitrogens with zero attached hydrogens (tertiary/aromatic N) is 2. The molecular weight excluding hydrogens is 372 g/mol. The molecule has 4 rings (SSSR count). The second-order valence-electron chi connectivity index (χ2n) is 7.90. The highest BCUT2D eigenvalue weighted by molar-refractivity contribution is 6.33. The monoisotopic (exact) mass is 400 g/mol. The van der Waals surface area contributed by atoms with E-state index in [4.69, 9.17) is 16.3 Å². The number of hydrogen-bond acceptors (Lipinski definition) is 5. The standard InChI is InChI=1S/C22H29ClN4O/c23-20-15-26-22(27-18-4-2-1-3-5-18)13-19(20)17-6-9-24-21(12-17)25-14-16-7-10-28-11-8-16/h6,9,12-13,15-16,18H,1-5,7-8,10-11,14H2,(H,24,25)(H,26,27). The zero-order valence-electron chi connectivity index (χ0n) is 16.3. The third-order valence-electron chi connectivity index (χ3n) is 5.80. The Hall–Kier alpha value is -1.85. The Morgan fingerprint density at radius 3 is 2.64 bits per heavy atom. The number of pyridine rings is 2. The van der Waals surface area contributed by atoms with Gasteiger partial charge in [0, 0.05) is 43.8 Å². The van der Waals surface area contributed by atoms with E-state index in [0.717, 1.165) is 55.4 Å². The zero-order chi connectivity index (χ0) is 19.2. The van der Waals surface area contributed by atoms with E-state index in [1.165, 1.54) is 32.1 Å². The molecule has 1 aliphatic carbocycles. The van der Waals surface area contributed by atoms with Crippen LogP contribution in [0.1, 0.15) is 44.9 Å². The van der Waals surface area contributed by atoms with Gasteiger partial charge in [-0.3, -0.25) is 0 Å². The zero-order valence-corrected chi connectivity index (χ0v) is 17.0. The molecule has 1 saturated carbocycles. The molecule has 2 fully saturated rings. The molecule has 0 atom stereocenters. The molecule has 0 aromatic carbocycles. The first kappa shape index (κ1) is 19.5. The Kier molecular flexibility index (Phi) is 6.65. The Morgan fingerprint density at radius 2 is 1.82 bits per heavy atom. The van der Waals surface area contributed by atoms with E-state index in [1.54, 1.807) is 6.20 Å². The van der Waals surface area contributed by atoms with E-state index in [9.17, 15) is 0 Å². The minimum Gasteiger partial charge on any atom is -0.381 e. The molecule has 0 radical (unpaired) electrons. The number of nitrogens with one attached hydrogen (secondary N) is 2. The minimum atomic E-state index is 0.518. The summed E-state index contributed by atoms with van der Waals surface area (Å²) in [5.41, 5.74) is 2.05. The molecule has 2 aromatic heterocycles. The normalized spacial score (nSPS) is 18.8. The lowest BCUT2D eigenvalue weighted by molar-refractivity contribution is 0.0699. The van der Waals surface area contributed by atoms with Crippen molar-refractivity contribution in [2.45, 2.75) is 51.0 Å². The second kappa shape index (κ2) is 9.57. The van der Waals surface area contributed by atoms with Crippen molar-refractivity contribution in [3.8, 4) is 11.1 Å². The molecular formula is C22H29ClN4O. The van der Waals surface area contributed by atoms with E-state index in [1.807, 2.05) is 12.3 Å². The van der Waals surface area contributed by atoms with Crippen molar-refractivity contribution in [2.75, 3.05) is 30.4 Å². The minimum absolute atomic E-state index is 0.518. The maximum absolute atomic E-state index is 6.48. The molecule has 0 unspecified atom stereocenters. The van der Waals surface area contributed by atoms with Gasteiger partial charge in [-0.2, -0.15) is 0 Å². The Bertz CT molecular complexity index is 773. The van der Waals surface area contributed by atoms with Crippen molar-refractivity contribution in [1.29, 1.82) is 0 Å². The van der Waals surface area contributed by atoms with Crippen LogP contribution < -0.4 is 10.6 Å². The molecule has 0 amide bonds. The summed E-state index contributed by atoms with van der Waals surface area (Å²) in [6.07, 6.45) is 12.2. The van der Waals surface area contributed by atoms with Crippen molar-refractivity contribution >= 4 is 23.2 Å². The molecule has 6 heteroatoms. The molecule has 1 saturated heterocycles. The summed E-state index contributed by atoms with van der Waals surface area (Å²) in [5, 5.41) is 7.73. The molecule has 150 valence electrons. The fourth-order valence-electron chi connectivity index (χ4n) is 4.09. The summed E-state index contributed by atoms with van der Waals surface area (Å²) >= 11 is 6.48. The van der Waals surface area contributed by atoms with Gasteiger partial charge in [0.15, 0.2) is 0 Å². The highest BCUT2D eigenvalue weighted by atomic mass is 35.5. The average molecular weight is 401 g/mol. The van der Waals surface area contributed by atoms with Crippen LogP contribution >= 0.6 is 11.6 Å². The molecule has 5 nitrogen and oxygen atoms in total. The first-order chi connectivity index (χ1) is 13.8. The van der Waals surface area contributed by atoms with Crippen molar-refractivity contribution < 1.29 is 4.74 Å². The first-order valence-electron chi connectivity index (χ1n) is 10.5. The Morgan fingerprint density at radius 1 is 1.00 bits per heavy atom. The van der Waals surface area contributed by atoms with Crippen LogP contribution in [0, 0.1) is 5.92 Å². The van der Waals surface area contributed by atoms with Gasteiger partial charge < -0.3 is 15.4 Å². The maximum Gasteiger partial charge on any atom is 0.126 e. The summed E-state index contributed by atoms with van der Waals surface area (Å²) in [6.45, 7) is 2.66. The first-order valence-corrected chi connectivity index (χ1v) is 10.9. The van der Waals surface area contributed by atoms with Crippen molar-refractivity contribution in [3.63, 3.8) is 0 Å². The number of anilines is 2. The van der Waals surface area contributed by atoms with Gasteiger partial charge in [-0.25, -0.2) is 9.97 Å². The van der Waals surface area contributed by atoms with E-state index in [-0.39, 0.29) is 0 Å². The second-order valence-corrected chi connectivity index (χ2v) is 8.30. The predicted molar refractivity (Wildman–Crippen MR) is 115 cm³/mol. The molecule has 2 N–H and O–H groups in total. The van der Waals surface area contributed by atoms with Gasteiger partial charge in [0.05, 0.1) is 5.02 Å². The van der Waals surface area contributed by atoms with Crippen LogP contribution in [0.2, 0.25) is 5.02 Å². The lowest BCUT2D eigenvalue weighted by Crippen LogP contribution is -2.23. The van der Waals surface area contributed by atoms with Crippen molar-refractivity contribution in [3.05, 3.63) is 35.6 Å². The fraction of sp³-hybridized carbons (Fsp3) is 0.545. The van der Waals surface area contributed by atoms with Crippen LogP contribution in [-0.4, -0.2) is 35.8 Å². The molecule has 0 spiro atoms. The number of halogens is 1. The molecule has 2 aliphatic rings. The van der Waals surface area contributed by atoms with E-state index >= 15 is 0 Å². The highest BCUT2D eigenvalue weighted by Gasteiger charge is 2.16. The topological polar surface area (TPSA) is 59.1 Å². The number of ether oxygens (including phenoxy) is 1. The quantitative estimate of drug-likeness (QED) is 0.681. The van der Waals surface area contributed by atoms with Gasteiger partial charge in [-0.15, -0.1) is 0 Å². The molecule has 1 aliphatic heterocycles. The van der Waals surface area contributed by atoms with Crippen molar-refractivity contribution in [1.82, 2.24) is 9.97 Å². The van der Waals surface area contributed by atoms with E-state index in [0.29, 0.717) is 17.0 Å². The predicted octanol–water partition coefficient (Wildman–Crippen LogP) is 5.38. The van der Waals surface area contributed by atoms with Gasteiger partial charge >= 0.3 is 0 Å². The molecule has 0 bridgehead atoms. The fourth-order valence-corrected chi connectivity index (χ4v) is 4.30. The lowest BCUT2D eigenvalue weighted by atomic mass is 9.95. The summed E-state index contributed by atoms with van der Waals surface area (Å²) in [7, 11) is 0. The van der Waals surface area contributed by atoms with Crippen LogP contribution in [-0.2, 0) is 4.74 Å². The van der Waals surface area contributed by atoms with E-state index in [2.05, 4.69) is 32.7 Å². The summed E-state index contributed by atoms with van der Waals surface area (Å²) < 4.78 is 5.44. The van der Waals surface area contributed by atoms with Gasteiger partial charge in [0.2, 0.25) is 0 Å². The van der Waals surface area contributed by atoms with Crippen LogP contribution in [0.25, 0.3) is 11.1 Å². The van der Waals surface area contributed by atoms with Gasteiger partial charge in [-0.05, 0) is 55.4 Å². The van der Waals surface area contributed by atoms with Crippen LogP contribution in [0.5, 0.6) is 0 Å². The summed E-state index contributed by atoms with van der Waals surface area (Å²) in [5.74, 6) is 2.44. The highest BCUT2D eigenvalue weighted by Crippen LogP contribution is 2.31. The SMILES string of the molecule is Clc1cnc(NC2CCCCC2)cc1-c1ccnc(NCC2CCOCC2)c1. The summed E-state index contributed by atoms with van der Waals surface area (Å²) in [6, 6.07) is 6.66. The van der Waals surface area contributed by atoms with Crippen LogP contribution in [0.3, 0.4) is 0 Å². The van der Waals surface area contributed by atoms with Gasteiger partial charge in [-0.1, -0.05) is 30.9 Å². The average Bonchev–Trinajstić information content (AvgIpc) is 2.75.